The van der Waals surface area contributed by atoms with Gasteiger partial charge >= 0.3 is 5.97 Å². The third-order valence-corrected chi connectivity index (χ3v) is 11.9. The van der Waals surface area contributed by atoms with Crippen molar-refractivity contribution in [2.24, 2.45) is 29.0 Å². The summed E-state index contributed by atoms with van der Waals surface area (Å²) in [5, 5.41) is 29.3. The van der Waals surface area contributed by atoms with Gasteiger partial charge in [0, 0.05) is 29.6 Å². The Bertz CT molecular complexity index is 1780. The Hall–Kier alpha value is -4.51. The Morgan fingerprint density at radius 1 is 0.647 bits per heavy atom. The number of rotatable bonds is 31. The normalized spacial score (nSPS) is 16.9. The minimum atomic E-state index is -1.61. The molecular formula is C40H70N12O12S4. The first-order chi connectivity index (χ1) is 32.0. The number of primary amides is 1. The molecule has 28 heteroatoms. The number of amides is 10. The SMILES string of the molecule is CC(C)C[C@H](NC(=O)CNC(=O)[C@@H](N)CS)C(=O)N[C@@H](CS)C(=O)N[C@H](C(=O)N[C@@H](CS)C(=O)N1CCC[C@H]1C(=O)N[C@@H](CS)C(=O)N[C@@H](CC(N)=O)C(=O)N[C@@H](CCCCN)C(=O)O)C(C)C. The van der Waals surface area contributed by atoms with Gasteiger partial charge in [0.2, 0.25) is 59.1 Å². The van der Waals surface area contributed by atoms with Crippen molar-refractivity contribution in [2.45, 2.75) is 127 Å². The highest BCUT2D eigenvalue weighted by Crippen LogP contribution is 2.20. The van der Waals surface area contributed by atoms with Gasteiger partial charge in [0.15, 0.2) is 0 Å². The molecule has 0 spiro atoms. The number of likely N-dealkylation sites (tertiary alicyclic amines) is 1. The van der Waals surface area contributed by atoms with Gasteiger partial charge in [-0.05, 0) is 56.9 Å². The minimum absolute atomic E-state index is 0.0239. The molecule has 0 saturated carbocycles. The smallest absolute Gasteiger partial charge is 0.326 e. The van der Waals surface area contributed by atoms with Gasteiger partial charge in [0.05, 0.1) is 19.0 Å². The molecular weight excluding hydrogens is 969 g/mol. The van der Waals surface area contributed by atoms with E-state index in [1.165, 1.54) is 4.90 Å². The molecule has 0 unspecified atom stereocenters. The molecule has 1 aliphatic heterocycles. The largest absolute Gasteiger partial charge is 0.480 e. The van der Waals surface area contributed by atoms with Crippen LogP contribution in [0.3, 0.4) is 0 Å². The topological polar surface area (TPSA) is 386 Å². The number of carbonyl (C=O) groups excluding carboxylic acids is 10. The number of carboxylic acids is 1. The van der Waals surface area contributed by atoms with Gasteiger partial charge in [0.1, 0.15) is 48.3 Å². The van der Waals surface area contributed by atoms with Crippen molar-refractivity contribution in [2.75, 3.05) is 42.6 Å². The Morgan fingerprint density at radius 3 is 1.71 bits per heavy atom. The van der Waals surface area contributed by atoms with Crippen LogP contribution in [0.2, 0.25) is 0 Å². The standard InChI is InChI=1S/C40H70N12O12S4/c1-19(2)12-23(45-30(54)14-44-32(55)21(42)15-65)33(56)48-26(17-67)36(59)51-31(20(3)4)38(61)50-27(18-68)39(62)52-11-7-9-28(52)37(60)49-25(16-66)35(58)47-24(13-29(43)53)34(57)46-22(40(63)64)8-5-6-10-41/h19-28,31,65-68H,5-18,41-42H2,1-4H3,(H2,43,53)(H,44,55)(H,45,54)(H,46,57)(H,47,58)(H,48,56)(H,49,60)(H,50,61)(H,51,59)(H,63,64)/t21-,22-,23-,24-,25-,26-,27-,28-,31-/m0/s1. The molecule has 0 radical (unpaired) electrons. The maximum atomic E-state index is 13.9. The van der Waals surface area contributed by atoms with E-state index >= 15 is 0 Å². The second-order valence-corrected chi connectivity index (χ2v) is 18.3. The van der Waals surface area contributed by atoms with Crippen LogP contribution < -0.4 is 59.7 Å². The molecule has 0 aromatic rings. The van der Waals surface area contributed by atoms with Crippen LogP contribution in [0.5, 0.6) is 0 Å². The fourth-order valence-corrected chi connectivity index (χ4v) is 7.63. The molecule has 1 saturated heterocycles. The fourth-order valence-electron chi connectivity index (χ4n) is 6.70. The zero-order valence-corrected chi connectivity index (χ0v) is 42.2. The molecule has 0 aliphatic carbocycles. The summed E-state index contributed by atoms with van der Waals surface area (Å²) in [6, 6.07) is -11.4. The molecule has 1 fully saturated rings. The minimum Gasteiger partial charge on any atom is -0.480 e. The van der Waals surface area contributed by atoms with E-state index in [1.54, 1.807) is 13.8 Å². The van der Waals surface area contributed by atoms with Crippen LogP contribution in [0.4, 0.5) is 0 Å². The van der Waals surface area contributed by atoms with E-state index in [0.29, 0.717) is 25.8 Å². The molecule has 9 atom stereocenters. The summed E-state index contributed by atoms with van der Waals surface area (Å²) in [4.78, 5) is 144. The number of aliphatic carboxylic acids is 1. The summed E-state index contributed by atoms with van der Waals surface area (Å²) >= 11 is 16.6. The van der Waals surface area contributed by atoms with Gasteiger partial charge in [-0.1, -0.05) is 27.7 Å². The molecule has 10 amide bonds. The van der Waals surface area contributed by atoms with Gasteiger partial charge in [0.25, 0.3) is 0 Å². The molecule has 0 aromatic carbocycles. The third-order valence-electron chi connectivity index (χ3n) is 10.4. The second kappa shape index (κ2) is 31.6. The number of nitrogens with one attached hydrogen (secondary N) is 8. The van der Waals surface area contributed by atoms with Crippen molar-refractivity contribution in [3.8, 4) is 0 Å². The summed E-state index contributed by atoms with van der Waals surface area (Å²) in [6.07, 6.45) is 0.864. The van der Waals surface area contributed by atoms with Crippen molar-refractivity contribution in [3.63, 3.8) is 0 Å². The first kappa shape index (κ1) is 61.5. The van der Waals surface area contributed by atoms with Crippen molar-refractivity contribution >= 4 is 116 Å². The van der Waals surface area contributed by atoms with Gasteiger partial charge in [-0.25, -0.2) is 4.79 Å². The maximum Gasteiger partial charge on any atom is 0.326 e. The van der Waals surface area contributed by atoms with Gasteiger partial charge in [-0.15, -0.1) is 0 Å². The highest BCUT2D eigenvalue weighted by molar-refractivity contribution is 7.80. The molecule has 15 N–H and O–H groups in total. The Balaban J connectivity index is 3.09. The summed E-state index contributed by atoms with van der Waals surface area (Å²) in [5.41, 5.74) is 16.4. The molecule has 1 rings (SSSR count). The average Bonchev–Trinajstić information content (AvgIpc) is 3.78. The number of carboxylic acid groups (broad SMARTS) is 1. The van der Waals surface area contributed by atoms with Crippen LogP contribution in [0.25, 0.3) is 0 Å². The van der Waals surface area contributed by atoms with Gasteiger partial charge in [-0.2, -0.15) is 50.5 Å². The Morgan fingerprint density at radius 2 is 1.18 bits per heavy atom. The number of hydrogen-bond donors (Lipinski definition) is 16. The Labute approximate surface area is 417 Å². The van der Waals surface area contributed by atoms with E-state index in [0.717, 1.165) is 0 Å². The fraction of sp³-hybridized carbons (Fsp3) is 0.725. The van der Waals surface area contributed by atoms with Gasteiger partial charge < -0.3 is 69.7 Å². The summed E-state index contributed by atoms with van der Waals surface area (Å²) in [7, 11) is 0. The van der Waals surface area contributed by atoms with Crippen molar-refractivity contribution < 1.29 is 57.8 Å². The molecule has 0 aromatic heterocycles. The quantitative estimate of drug-likeness (QED) is 0.0229. The van der Waals surface area contributed by atoms with Crippen molar-refractivity contribution in [1.29, 1.82) is 0 Å². The molecule has 1 aliphatic rings. The molecule has 24 nitrogen and oxygen atoms in total. The third kappa shape index (κ3) is 21.0. The number of unbranched alkanes of at least 4 members (excludes halogenated alkanes) is 1. The lowest BCUT2D eigenvalue weighted by Crippen LogP contribution is -2.61. The summed E-state index contributed by atoms with van der Waals surface area (Å²) < 4.78 is 0. The van der Waals surface area contributed by atoms with Crippen molar-refractivity contribution in [3.05, 3.63) is 0 Å². The van der Waals surface area contributed by atoms with Crippen LogP contribution in [-0.4, -0.2) is 172 Å². The zero-order valence-electron chi connectivity index (χ0n) is 38.7. The highest BCUT2D eigenvalue weighted by atomic mass is 32.1. The molecule has 0 bridgehead atoms. The van der Waals surface area contributed by atoms with Crippen LogP contribution in [0.1, 0.15) is 72.6 Å². The van der Waals surface area contributed by atoms with E-state index < -0.39 is 138 Å². The zero-order chi connectivity index (χ0) is 51.8. The van der Waals surface area contributed by atoms with Crippen LogP contribution in [0.15, 0.2) is 0 Å². The van der Waals surface area contributed by atoms with E-state index in [4.69, 9.17) is 17.2 Å². The average molecular weight is 1040 g/mol. The van der Waals surface area contributed by atoms with Crippen molar-refractivity contribution in [1.82, 2.24) is 47.4 Å². The van der Waals surface area contributed by atoms with E-state index in [1.807, 2.05) is 13.8 Å². The molecule has 1 heterocycles. The number of carbonyl (C=O) groups is 11. The number of nitrogens with two attached hydrogens (primary N) is 3. The monoisotopic (exact) mass is 1040 g/mol. The van der Waals surface area contributed by atoms with Crippen LogP contribution >= 0.6 is 50.5 Å². The van der Waals surface area contributed by atoms with Crippen LogP contribution in [0, 0.1) is 11.8 Å². The van der Waals surface area contributed by atoms with E-state index in [2.05, 4.69) is 93.0 Å². The maximum absolute atomic E-state index is 13.9. The first-order valence-corrected chi connectivity index (χ1v) is 24.6. The number of nitrogens with zero attached hydrogens (tertiary/aromatic N) is 1. The highest BCUT2D eigenvalue weighted by Gasteiger charge is 2.40. The molecule has 386 valence electrons. The second-order valence-electron chi connectivity index (χ2n) is 16.8. The lowest BCUT2D eigenvalue weighted by molar-refractivity contribution is -0.143. The van der Waals surface area contributed by atoms with Crippen LogP contribution in [-0.2, 0) is 52.7 Å². The number of hydrogen-bond acceptors (Lipinski definition) is 17. The lowest BCUT2D eigenvalue weighted by Gasteiger charge is -2.31. The predicted octanol–water partition coefficient (Wildman–Crippen LogP) is -4.68. The molecule has 68 heavy (non-hydrogen) atoms. The number of thiol groups is 4. The van der Waals surface area contributed by atoms with Gasteiger partial charge in [-0.3, -0.25) is 47.9 Å². The summed E-state index contributed by atoms with van der Waals surface area (Å²) in [5.74, 6) is -10.8. The summed E-state index contributed by atoms with van der Waals surface area (Å²) in [6.45, 7) is 6.78. The Kier molecular flexibility index (Phi) is 28.6. The van der Waals surface area contributed by atoms with E-state index in [9.17, 15) is 57.8 Å². The van der Waals surface area contributed by atoms with E-state index in [-0.39, 0.29) is 54.7 Å². The lowest BCUT2D eigenvalue weighted by atomic mass is 10.0. The first-order valence-electron chi connectivity index (χ1n) is 22.1. The predicted molar refractivity (Wildman–Crippen MR) is 263 cm³/mol.